The number of halogens is 1. The predicted octanol–water partition coefficient (Wildman–Crippen LogP) is 5.52. The number of hydrogen-bond donors (Lipinski definition) is 0. The normalized spacial score (nSPS) is 16.8. The first kappa shape index (κ1) is 21.5. The molecule has 2 heterocycles. The van der Waals surface area contributed by atoms with Gasteiger partial charge in [0.15, 0.2) is 5.17 Å². The Morgan fingerprint density at radius 2 is 1.97 bits per heavy atom. The maximum absolute atomic E-state index is 12.6. The Labute approximate surface area is 191 Å². The van der Waals surface area contributed by atoms with E-state index in [1.165, 1.54) is 11.8 Å². The maximum atomic E-state index is 12.6. The molecule has 1 fully saturated rings. The Hall–Kier alpha value is -2.70. The Morgan fingerprint density at radius 1 is 1.19 bits per heavy atom. The minimum absolute atomic E-state index is 0.0247. The van der Waals surface area contributed by atoms with Crippen molar-refractivity contribution in [3.05, 3.63) is 69.2 Å². The molecule has 0 atom stereocenters. The SMILES string of the molecule is CN=C1SC(=Cc2c(C)n(CCOc3ccc(Cl)c(C)c3)c3ccccc23)C(=O)N1C. The zero-order valence-corrected chi connectivity index (χ0v) is 19.5. The first-order valence-corrected chi connectivity index (χ1v) is 11.2. The van der Waals surface area contributed by atoms with Crippen LogP contribution in [-0.2, 0) is 11.3 Å². The second-order valence-corrected chi connectivity index (χ2v) is 8.82. The van der Waals surface area contributed by atoms with Crippen LogP contribution in [0.3, 0.4) is 0 Å². The second kappa shape index (κ2) is 8.81. The van der Waals surface area contributed by atoms with E-state index in [1.54, 1.807) is 19.0 Å². The molecule has 0 spiro atoms. The molecule has 1 saturated heterocycles. The first-order chi connectivity index (χ1) is 14.9. The highest BCUT2D eigenvalue weighted by molar-refractivity contribution is 8.18. The van der Waals surface area contributed by atoms with Crippen molar-refractivity contribution in [2.45, 2.75) is 20.4 Å². The van der Waals surface area contributed by atoms with Gasteiger partial charge in [-0.2, -0.15) is 0 Å². The van der Waals surface area contributed by atoms with E-state index in [1.807, 2.05) is 43.3 Å². The molecule has 0 unspecified atom stereocenters. The van der Waals surface area contributed by atoms with Crippen molar-refractivity contribution in [1.29, 1.82) is 0 Å². The summed E-state index contributed by atoms with van der Waals surface area (Å²) in [7, 11) is 3.46. The van der Waals surface area contributed by atoms with E-state index in [0.717, 1.165) is 38.5 Å². The molecule has 1 amide bonds. The summed E-state index contributed by atoms with van der Waals surface area (Å²) in [6.45, 7) is 5.27. The summed E-state index contributed by atoms with van der Waals surface area (Å²) in [6, 6.07) is 13.9. The third-order valence-electron chi connectivity index (χ3n) is 5.46. The molecule has 5 nitrogen and oxygen atoms in total. The van der Waals surface area contributed by atoms with Gasteiger partial charge in [0.25, 0.3) is 5.91 Å². The second-order valence-electron chi connectivity index (χ2n) is 7.41. The van der Waals surface area contributed by atoms with Gasteiger partial charge in [-0.3, -0.25) is 14.7 Å². The number of nitrogens with zero attached hydrogens (tertiary/aromatic N) is 3. The monoisotopic (exact) mass is 453 g/mol. The van der Waals surface area contributed by atoms with Crippen molar-refractivity contribution in [3.8, 4) is 5.75 Å². The van der Waals surface area contributed by atoms with Crippen LogP contribution in [-0.4, -0.2) is 41.2 Å². The lowest BCUT2D eigenvalue weighted by Crippen LogP contribution is -2.23. The van der Waals surface area contributed by atoms with Gasteiger partial charge in [0.2, 0.25) is 0 Å². The molecular formula is C24H24ClN3O2S. The smallest absolute Gasteiger partial charge is 0.266 e. The number of aliphatic imine (C=N–C) groups is 1. The Kier molecular flexibility index (Phi) is 6.12. The number of rotatable bonds is 5. The quantitative estimate of drug-likeness (QED) is 0.477. The molecule has 1 aromatic heterocycles. The van der Waals surface area contributed by atoms with E-state index in [4.69, 9.17) is 16.3 Å². The molecule has 0 aliphatic carbocycles. The van der Waals surface area contributed by atoms with Gasteiger partial charge in [0, 0.05) is 41.3 Å². The van der Waals surface area contributed by atoms with E-state index in [-0.39, 0.29) is 5.91 Å². The van der Waals surface area contributed by atoms with Crippen molar-refractivity contribution in [1.82, 2.24) is 9.47 Å². The van der Waals surface area contributed by atoms with E-state index in [2.05, 4.69) is 28.6 Å². The van der Waals surface area contributed by atoms with Gasteiger partial charge in [-0.05, 0) is 61.5 Å². The van der Waals surface area contributed by atoms with Gasteiger partial charge in [0.05, 0.1) is 11.4 Å². The van der Waals surface area contributed by atoms with Crippen molar-refractivity contribution in [2.75, 3.05) is 20.7 Å². The molecule has 1 aliphatic rings. The molecule has 0 saturated carbocycles. The number of amidine groups is 1. The minimum Gasteiger partial charge on any atom is -0.492 e. The number of fused-ring (bicyclic) bond motifs is 1. The molecule has 160 valence electrons. The molecule has 31 heavy (non-hydrogen) atoms. The molecule has 0 radical (unpaired) electrons. The highest BCUT2D eigenvalue weighted by atomic mass is 35.5. The van der Waals surface area contributed by atoms with E-state index in [0.29, 0.717) is 23.2 Å². The molecule has 2 aromatic carbocycles. The standard InChI is InChI=1S/C24H24ClN3O2S/c1-15-13-17(9-10-20(15)25)30-12-11-28-16(2)19(18-7-5-6-8-21(18)28)14-22-23(29)27(4)24(26-3)31-22/h5-10,13-14H,11-12H2,1-4H3. The fourth-order valence-electron chi connectivity index (χ4n) is 3.77. The Balaban J connectivity index is 1.63. The van der Waals surface area contributed by atoms with Gasteiger partial charge in [-0.25, -0.2) is 0 Å². The fourth-order valence-corrected chi connectivity index (χ4v) is 4.80. The van der Waals surface area contributed by atoms with E-state index in [9.17, 15) is 4.79 Å². The van der Waals surface area contributed by atoms with Crippen molar-refractivity contribution in [3.63, 3.8) is 0 Å². The van der Waals surface area contributed by atoms with Crippen molar-refractivity contribution >= 4 is 51.4 Å². The summed E-state index contributed by atoms with van der Waals surface area (Å²) in [5, 5.41) is 2.57. The number of ether oxygens (including phenoxy) is 1. The van der Waals surface area contributed by atoms with Crippen molar-refractivity contribution < 1.29 is 9.53 Å². The minimum atomic E-state index is -0.0247. The van der Waals surface area contributed by atoms with E-state index < -0.39 is 0 Å². The van der Waals surface area contributed by atoms with Crippen LogP contribution >= 0.6 is 23.4 Å². The average molecular weight is 454 g/mol. The number of para-hydroxylation sites is 1. The molecule has 7 heteroatoms. The van der Waals surface area contributed by atoms with Crippen molar-refractivity contribution in [2.24, 2.45) is 4.99 Å². The van der Waals surface area contributed by atoms with Gasteiger partial charge in [-0.15, -0.1) is 0 Å². The number of carbonyl (C=O) groups excluding carboxylic acids is 1. The summed E-state index contributed by atoms with van der Waals surface area (Å²) in [5.41, 5.74) is 4.27. The summed E-state index contributed by atoms with van der Waals surface area (Å²) in [4.78, 5) is 19.1. The highest BCUT2D eigenvalue weighted by Crippen LogP contribution is 2.35. The van der Waals surface area contributed by atoms with Crippen LogP contribution in [0.25, 0.3) is 17.0 Å². The third-order valence-corrected chi connectivity index (χ3v) is 7.04. The Bertz CT molecular complexity index is 1230. The largest absolute Gasteiger partial charge is 0.492 e. The lowest BCUT2D eigenvalue weighted by atomic mass is 10.1. The summed E-state index contributed by atoms with van der Waals surface area (Å²) in [6.07, 6.45) is 1.99. The number of carbonyl (C=O) groups is 1. The zero-order valence-electron chi connectivity index (χ0n) is 18.0. The van der Waals surface area contributed by atoms with Gasteiger partial charge >= 0.3 is 0 Å². The third kappa shape index (κ3) is 4.10. The molecule has 1 aliphatic heterocycles. The zero-order chi connectivity index (χ0) is 22.1. The van der Waals surface area contributed by atoms with Gasteiger partial charge in [0.1, 0.15) is 12.4 Å². The predicted molar refractivity (Wildman–Crippen MR) is 130 cm³/mol. The molecular weight excluding hydrogens is 430 g/mol. The lowest BCUT2D eigenvalue weighted by molar-refractivity contribution is -0.121. The number of likely N-dealkylation sites (N-methyl/N-ethyl adjacent to an activating group) is 1. The molecule has 4 rings (SSSR count). The van der Waals surface area contributed by atoms with Crippen LogP contribution < -0.4 is 4.74 Å². The number of thioether (sulfide) groups is 1. The van der Waals surface area contributed by atoms with Crippen LogP contribution in [0.5, 0.6) is 5.75 Å². The number of amides is 1. The van der Waals surface area contributed by atoms with Crippen LogP contribution in [0.4, 0.5) is 0 Å². The lowest BCUT2D eigenvalue weighted by Gasteiger charge is -2.11. The summed E-state index contributed by atoms with van der Waals surface area (Å²) in [5.74, 6) is 0.781. The van der Waals surface area contributed by atoms with Crippen LogP contribution in [0, 0.1) is 13.8 Å². The fraction of sp³-hybridized carbons (Fsp3) is 0.250. The van der Waals surface area contributed by atoms with Crippen LogP contribution in [0.15, 0.2) is 52.4 Å². The maximum Gasteiger partial charge on any atom is 0.266 e. The van der Waals surface area contributed by atoms with Crippen LogP contribution in [0.1, 0.15) is 16.8 Å². The topological polar surface area (TPSA) is 46.8 Å². The van der Waals surface area contributed by atoms with Gasteiger partial charge in [-0.1, -0.05) is 29.8 Å². The highest BCUT2D eigenvalue weighted by Gasteiger charge is 2.30. The average Bonchev–Trinajstić information content (AvgIpc) is 3.19. The number of aromatic nitrogens is 1. The first-order valence-electron chi connectivity index (χ1n) is 10.0. The number of hydrogen-bond acceptors (Lipinski definition) is 4. The van der Waals surface area contributed by atoms with Gasteiger partial charge < -0.3 is 9.30 Å². The number of aryl methyl sites for hydroxylation is 1. The molecule has 0 N–H and O–H groups in total. The number of benzene rings is 2. The molecule has 3 aromatic rings. The van der Waals surface area contributed by atoms with Crippen LogP contribution in [0.2, 0.25) is 5.02 Å². The summed E-state index contributed by atoms with van der Waals surface area (Å²) >= 11 is 7.51. The van der Waals surface area contributed by atoms with E-state index >= 15 is 0 Å². The Morgan fingerprint density at radius 3 is 2.68 bits per heavy atom. The summed E-state index contributed by atoms with van der Waals surface area (Å²) < 4.78 is 8.22. The molecule has 0 bridgehead atoms.